The van der Waals surface area contributed by atoms with Crippen molar-refractivity contribution in [3.63, 3.8) is 0 Å². The third kappa shape index (κ3) is 2.40. The van der Waals surface area contributed by atoms with Crippen molar-refractivity contribution in [3.8, 4) is 0 Å². The summed E-state index contributed by atoms with van der Waals surface area (Å²) in [5, 5.41) is 22.8. The molecule has 0 aliphatic heterocycles. The van der Waals surface area contributed by atoms with Gasteiger partial charge in [0.15, 0.2) is 0 Å². The van der Waals surface area contributed by atoms with E-state index < -0.39 is 5.60 Å². The third-order valence-corrected chi connectivity index (χ3v) is 5.95. The van der Waals surface area contributed by atoms with Crippen molar-refractivity contribution in [3.05, 3.63) is 59.0 Å². The number of carbonyl (C=O) groups is 1. The highest BCUT2D eigenvalue weighted by Crippen LogP contribution is 2.60. The summed E-state index contributed by atoms with van der Waals surface area (Å²) in [6, 6.07) is 7.17. The van der Waals surface area contributed by atoms with Crippen LogP contribution >= 0.6 is 11.6 Å². The molecule has 132 valence electrons. The van der Waals surface area contributed by atoms with Crippen LogP contribution in [0.25, 0.3) is 10.9 Å². The van der Waals surface area contributed by atoms with E-state index in [2.05, 4.69) is 20.5 Å². The molecule has 26 heavy (non-hydrogen) atoms. The van der Waals surface area contributed by atoms with Gasteiger partial charge in [0.2, 0.25) is 0 Å². The van der Waals surface area contributed by atoms with E-state index in [9.17, 15) is 9.90 Å². The molecule has 2 saturated carbocycles. The Labute approximate surface area is 154 Å². The zero-order chi connectivity index (χ0) is 17.9. The van der Waals surface area contributed by atoms with Crippen LogP contribution in [0.4, 0.5) is 0 Å². The Morgan fingerprint density at radius 3 is 2.73 bits per heavy atom. The molecular weight excluding hydrogens is 352 g/mol. The van der Waals surface area contributed by atoms with E-state index in [0.717, 1.165) is 16.5 Å². The number of fused-ring (bicyclic) bond motifs is 2. The smallest absolute Gasteiger partial charge is 0.251 e. The average Bonchev–Trinajstić information content (AvgIpc) is 3.01. The number of H-pyrrole nitrogens is 1. The average molecular weight is 369 g/mol. The van der Waals surface area contributed by atoms with Crippen LogP contribution in [0.5, 0.6) is 0 Å². The molecule has 5 rings (SSSR count). The molecule has 2 unspecified atom stereocenters. The Kier molecular flexibility index (Phi) is 3.36. The Morgan fingerprint density at radius 1 is 1.27 bits per heavy atom. The second-order valence-electron chi connectivity index (χ2n) is 7.29. The highest BCUT2D eigenvalue weighted by molar-refractivity contribution is 6.31. The normalized spacial score (nSPS) is 29.5. The molecule has 2 aliphatic rings. The minimum Gasteiger partial charge on any atom is -0.385 e. The van der Waals surface area contributed by atoms with Gasteiger partial charge in [-0.25, -0.2) is 0 Å². The van der Waals surface area contributed by atoms with Gasteiger partial charge < -0.3 is 10.4 Å². The van der Waals surface area contributed by atoms with Crippen LogP contribution in [0, 0.1) is 11.8 Å². The molecule has 2 atom stereocenters. The summed E-state index contributed by atoms with van der Waals surface area (Å²) in [4.78, 5) is 16.2. The first-order valence-electron chi connectivity index (χ1n) is 8.61. The highest BCUT2D eigenvalue weighted by atomic mass is 35.5. The second kappa shape index (κ2) is 5.53. The maximum Gasteiger partial charge on any atom is 0.251 e. The fourth-order valence-electron chi connectivity index (χ4n) is 4.42. The molecule has 1 amide bonds. The fraction of sp³-hybridized carbons (Fsp3) is 0.316. The maximum absolute atomic E-state index is 12.3. The molecule has 2 heterocycles. The summed E-state index contributed by atoms with van der Waals surface area (Å²) < 4.78 is 0. The number of halogens is 1. The lowest BCUT2D eigenvalue weighted by molar-refractivity contribution is 0.0291. The number of nitrogens with zero attached hydrogens (tertiary/aromatic N) is 2. The van der Waals surface area contributed by atoms with E-state index in [-0.39, 0.29) is 23.8 Å². The van der Waals surface area contributed by atoms with Crippen molar-refractivity contribution in [2.45, 2.75) is 24.5 Å². The van der Waals surface area contributed by atoms with Crippen molar-refractivity contribution >= 4 is 28.4 Å². The number of pyridine rings is 1. The largest absolute Gasteiger partial charge is 0.385 e. The molecule has 0 saturated heterocycles. The molecule has 2 aromatic heterocycles. The Morgan fingerprint density at radius 2 is 2.00 bits per heavy atom. The number of aromatic amines is 1. The summed E-state index contributed by atoms with van der Waals surface area (Å²) in [5.41, 5.74) is 1.29. The predicted octanol–water partition coefficient (Wildman–Crippen LogP) is 2.64. The maximum atomic E-state index is 12.3. The SMILES string of the molecule is O=C(NC1C2CC(O)(c3cc(Cl)cc4cn[nH]c34)CC21)c1ccncc1. The fourth-order valence-corrected chi connectivity index (χ4v) is 4.65. The number of rotatable bonds is 3. The molecule has 1 aromatic carbocycles. The zero-order valence-electron chi connectivity index (χ0n) is 13.8. The summed E-state index contributed by atoms with van der Waals surface area (Å²) >= 11 is 6.22. The standard InChI is InChI=1S/C19H17ClN4O2/c20-12-5-11-9-22-24-16(11)15(6-12)19(26)7-13-14(8-19)17(13)23-18(25)10-1-3-21-4-2-10/h1-6,9,13-14,17,26H,7-8H2,(H,22,24)(H,23,25). The molecule has 2 fully saturated rings. The van der Waals surface area contributed by atoms with Gasteiger partial charge in [0.25, 0.3) is 5.91 Å². The van der Waals surface area contributed by atoms with Crippen LogP contribution in [0.15, 0.2) is 42.9 Å². The molecule has 0 spiro atoms. The minimum atomic E-state index is -0.942. The first kappa shape index (κ1) is 15.8. The Bertz CT molecular complexity index is 991. The van der Waals surface area contributed by atoms with Crippen LogP contribution in [0.2, 0.25) is 5.02 Å². The summed E-state index contributed by atoms with van der Waals surface area (Å²) in [7, 11) is 0. The van der Waals surface area contributed by atoms with Gasteiger partial charge in [-0.1, -0.05) is 11.6 Å². The van der Waals surface area contributed by atoms with Gasteiger partial charge in [-0.3, -0.25) is 14.9 Å². The number of hydrogen-bond acceptors (Lipinski definition) is 4. The van der Waals surface area contributed by atoms with E-state index in [4.69, 9.17) is 11.6 Å². The lowest BCUT2D eigenvalue weighted by Crippen LogP contribution is -2.33. The van der Waals surface area contributed by atoms with E-state index in [1.54, 1.807) is 30.7 Å². The number of carbonyl (C=O) groups excluding carboxylic acids is 1. The molecular formula is C19H17ClN4O2. The van der Waals surface area contributed by atoms with Crippen molar-refractivity contribution in [2.75, 3.05) is 0 Å². The lowest BCUT2D eigenvalue weighted by Gasteiger charge is -2.27. The minimum absolute atomic E-state index is 0.0888. The Balaban J connectivity index is 1.34. The summed E-state index contributed by atoms with van der Waals surface area (Å²) in [6.45, 7) is 0. The monoisotopic (exact) mass is 368 g/mol. The van der Waals surface area contributed by atoms with Gasteiger partial charge in [-0.15, -0.1) is 0 Å². The highest BCUT2D eigenvalue weighted by Gasteiger charge is 2.62. The van der Waals surface area contributed by atoms with Gasteiger partial charge >= 0.3 is 0 Å². The van der Waals surface area contributed by atoms with Crippen LogP contribution in [0.3, 0.4) is 0 Å². The number of amides is 1. The van der Waals surface area contributed by atoms with Gasteiger partial charge in [0.05, 0.1) is 17.3 Å². The van der Waals surface area contributed by atoms with Crippen LogP contribution < -0.4 is 5.32 Å². The molecule has 0 radical (unpaired) electrons. The zero-order valence-corrected chi connectivity index (χ0v) is 14.6. The number of nitrogens with one attached hydrogen (secondary N) is 2. The lowest BCUT2D eigenvalue weighted by atomic mass is 9.87. The quantitative estimate of drug-likeness (QED) is 0.662. The topological polar surface area (TPSA) is 90.9 Å². The van der Waals surface area contributed by atoms with E-state index >= 15 is 0 Å². The van der Waals surface area contributed by atoms with Crippen molar-refractivity contribution < 1.29 is 9.90 Å². The van der Waals surface area contributed by atoms with Crippen molar-refractivity contribution in [1.82, 2.24) is 20.5 Å². The molecule has 7 heteroatoms. The summed E-state index contributed by atoms with van der Waals surface area (Å²) in [6.07, 6.45) is 6.13. The third-order valence-electron chi connectivity index (χ3n) is 5.73. The van der Waals surface area contributed by atoms with Crippen LogP contribution in [0.1, 0.15) is 28.8 Å². The first-order valence-corrected chi connectivity index (χ1v) is 8.99. The molecule has 3 aromatic rings. The van der Waals surface area contributed by atoms with Crippen molar-refractivity contribution in [2.24, 2.45) is 11.8 Å². The van der Waals surface area contributed by atoms with Gasteiger partial charge in [0.1, 0.15) is 0 Å². The van der Waals surface area contributed by atoms with E-state index in [1.165, 1.54) is 0 Å². The number of aromatic nitrogens is 3. The van der Waals surface area contributed by atoms with Crippen LogP contribution in [-0.4, -0.2) is 32.2 Å². The predicted molar refractivity (Wildman–Crippen MR) is 96.7 cm³/mol. The van der Waals surface area contributed by atoms with Gasteiger partial charge in [0, 0.05) is 40.0 Å². The Hall–Kier alpha value is -2.44. The van der Waals surface area contributed by atoms with E-state index in [1.807, 2.05) is 12.1 Å². The molecule has 6 nitrogen and oxygen atoms in total. The first-order chi connectivity index (χ1) is 12.5. The number of benzene rings is 1. The number of hydrogen-bond donors (Lipinski definition) is 3. The number of aliphatic hydroxyl groups is 1. The molecule has 2 aliphatic carbocycles. The summed E-state index contributed by atoms with van der Waals surface area (Å²) in [5.74, 6) is 0.472. The van der Waals surface area contributed by atoms with Crippen molar-refractivity contribution in [1.29, 1.82) is 0 Å². The second-order valence-corrected chi connectivity index (χ2v) is 7.73. The molecule has 0 bridgehead atoms. The molecule has 3 N–H and O–H groups in total. The van der Waals surface area contributed by atoms with Gasteiger partial charge in [-0.05, 0) is 48.9 Å². The van der Waals surface area contributed by atoms with Crippen LogP contribution in [-0.2, 0) is 5.60 Å². The van der Waals surface area contributed by atoms with E-state index in [0.29, 0.717) is 23.4 Å². The van der Waals surface area contributed by atoms with Gasteiger partial charge in [-0.2, -0.15) is 5.10 Å².